The topological polar surface area (TPSA) is 74.7 Å². The Bertz CT molecular complexity index is 2470. The third kappa shape index (κ3) is 5.76. The van der Waals surface area contributed by atoms with Crippen molar-refractivity contribution in [3.05, 3.63) is 182 Å². The molecular weight excluding hydrogens is 675 g/mol. The summed E-state index contributed by atoms with van der Waals surface area (Å²) in [6, 6.07) is 43.5. The molecule has 1 aromatic heterocycles. The molecule has 1 saturated carbocycles. The lowest BCUT2D eigenvalue weighted by Gasteiger charge is -2.27. The zero-order valence-electron chi connectivity index (χ0n) is 29.1. The highest BCUT2D eigenvalue weighted by Crippen LogP contribution is 2.53. The van der Waals surface area contributed by atoms with Crippen LogP contribution < -0.4 is 4.90 Å². The van der Waals surface area contributed by atoms with E-state index in [0.717, 1.165) is 39.3 Å². The smallest absolute Gasteiger partial charge is 0.335 e. The number of aromatic carboxylic acids is 1. The number of hydrogen-bond donors (Lipinski definition) is 1. The largest absolute Gasteiger partial charge is 0.478 e. The first kappa shape index (κ1) is 32.8. The van der Waals surface area contributed by atoms with E-state index >= 15 is 0 Å². The molecule has 3 aliphatic rings. The van der Waals surface area contributed by atoms with Crippen LogP contribution in [0.1, 0.15) is 88.9 Å². The van der Waals surface area contributed by atoms with E-state index in [-0.39, 0.29) is 28.0 Å². The second-order valence-corrected chi connectivity index (χ2v) is 15.2. The van der Waals surface area contributed by atoms with Crippen molar-refractivity contribution < 1.29 is 19.5 Å². The molecule has 0 amide bonds. The van der Waals surface area contributed by atoms with Gasteiger partial charge in [-0.15, -0.1) is 11.3 Å². The Balaban J connectivity index is 1.01. The molecule has 2 aliphatic carbocycles. The van der Waals surface area contributed by atoms with Gasteiger partial charge in [0.2, 0.25) is 0 Å². The predicted molar refractivity (Wildman–Crippen MR) is 213 cm³/mol. The monoisotopic (exact) mass is 709 g/mol. The number of carbonyl (C=O) groups excluding carboxylic acids is 2. The zero-order valence-corrected chi connectivity index (χ0v) is 29.9. The lowest BCUT2D eigenvalue weighted by Crippen LogP contribution is -2.26. The van der Waals surface area contributed by atoms with Gasteiger partial charge in [0.05, 0.1) is 11.1 Å². The number of aryl methyl sites for hydroxylation is 1. The van der Waals surface area contributed by atoms with Crippen molar-refractivity contribution >= 4 is 58.0 Å². The molecule has 5 nitrogen and oxygen atoms in total. The third-order valence-corrected chi connectivity index (χ3v) is 12.1. The van der Waals surface area contributed by atoms with E-state index in [1.54, 1.807) is 17.4 Å². The number of hydrogen-bond acceptors (Lipinski definition) is 5. The molecule has 6 heteroatoms. The molecule has 9 rings (SSSR count). The van der Waals surface area contributed by atoms with Gasteiger partial charge in [0.1, 0.15) is 0 Å². The summed E-state index contributed by atoms with van der Waals surface area (Å²) in [5.41, 5.74) is 11.2. The molecule has 6 aromatic rings. The van der Waals surface area contributed by atoms with Crippen molar-refractivity contribution in [1.82, 2.24) is 0 Å². The van der Waals surface area contributed by atoms with Crippen molar-refractivity contribution in [1.29, 1.82) is 0 Å². The molecule has 0 radical (unpaired) electrons. The fourth-order valence-corrected chi connectivity index (χ4v) is 9.43. The maximum absolute atomic E-state index is 13.3. The first-order valence-corrected chi connectivity index (χ1v) is 18.8. The number of carbonyl (C=O) groups is 3. The van der Waals surface area contributed by atoms with Crippen LogP contribution in [0.15, 0.2) is 133 Å². The van der Waals surface area contributed by atoms with Crippen LogP contribution in [0.5, 0.6) is 0 Å². The van der Waals surface area contributed by atoms with Gasteiger partial charge in [0.15, 0.2) is 11.6 Å². The minimum Gasteiger partial charge on any atom is -0.478 e. The van der Waals surface area contributed by atoms with Crippen LogP contribution >= 0.6 is 11.3 Å². The minimum atomic E-state index is -1.13. The van der Waals surface area contributed by atoms with Crippen LogP contribution in [0.25, 0.3) is 28.2 Å². The Hall–Kier alpha value is -6.11. The highest BCUT2D eigenvalue weighted by molar-refractivity contribution is 7.16. The molecule has 2 unspecified atom stereocenters. The summed E-state index contributed by atoms with van der Waals surface area (Å²) in [4.78, 5) is 42.4. The van der Waals surface area contributed by atoms with Crippen LogP contribution in [-0.4, -0.2) is 28.7 Å². The fourth-order valence-electron chi connectivity index (χ4n) is 8.31. The Kier molecular flexibility index (Phi) is 8.13. The van der Waals surface area contributed by atoms with E-state index in [4.69, 9.17) is 0 Å². The number of carboxylic acids is 1. The van der Waals surface area contributed by atoms with Crippen LogP contribution in [-0.2, 0) is 0 Å². The summed E-state index contributed by atoms with van der Waals surface area (Å²) in [6.07, 6.45) is 7.46. The number of fused-ring (bicyclic) bond motifs is 4. The van der Waals surface area contributed by atoms with Gasteiger partial charge in [-0.1, -0.05) is 85.3 Å². The summed E-state index contributed by atoms with van der Waals surface area (Å²) in [5.74, 6) is -1.46. The molecule has 0 bridgehead atoms. The van der Waals surface area contributed by atoms with E-state index < -0.39 is 11.8 Å². The highest BCUT2D eigenvalue weighted by atomic mass is 32.1. The number of allylic oxidation sites excluding steroid dienone is 1. The lowest BCUT2D eigenvalue weighted by atomic mass is 9.95. The van der Waals surface area contributed by atoms with Gasteiger partial charge in [0, 0.05) is 44.2 Å². The SMILES string of the molecule is Cc1cc(-c2ccc3c(c2)C2CCCC2N3c2ccc(C=C(c3ccccc3)c3ccccc3)cc2)sc1/C=C1\C(=O)c2ccc(C(=O)O)cc2C1=O. The first-order chi connectivity index (χ1) is 25.8. The van der Waals surface area contributed by atoms with Crippen molar-refractivity contribution in [2.75, 3.05) is 4.90 Å². The molecule has 1 aliphatic heterocycles. The number of anilines is 2. The quantitative estimate of drug-likeness (QED) is 0.101. The lowest BCUT2D eigenvalue weighted by molar-refractivity contribution is 0.0696. The Morgan fingerprint density at radius 1 is 0.755 bits per heavy atom. The standard InChI is InChI=1S/C47H35NO4S/c1-28-23-44(53-43(28)27-40-45(49)36-21-17-33(47(51)52)26-39(36)46(40)50)32-18-22-42-38(25-32)35-13-8-14-41(35)48(42)34-19-15-29(16-20-34)24-37(30-9-4-2-5-10-30)31-11-6-3-7-12-31/h2-7,9-12,15-27,35,41H,8,13-14H2,1H3,(H,51,52)/b40-27+. The maximum atomic E-state index is 13.3. The van der Waals surface area contributed by atoms with E-state index in [9.17, 15) is 19.5 Å². The molecule has 0 spiro atoms. The van der Waals surface area contributed by atoms with E-state index in [1.807, 2.05) is 6.92 Å². The Morgan fingerprint density at radius 2 is 1.45 bits per heavy atom. The molecule has 5 aromatic carbocycles. The van der Waals surface area contributed by atoms with Gasteiger partial charge in [0.25, 0.3) is 0 Å². The van der Waals surface area contributed by atoms with Gasteiger partial charge >= 0.3 is 5.97 Å². The van der Waals surface area contributed by atoms with Crippen molar-refractivity contribution in [2.45, 2.75) is 38.1 Å². The first-order valence-electron chi connectivity index (χ1n) is 18.0. The summed E-state index contributed by atoms with van der Waals surface area (Å²) in [7, 11) is 0. The number of Topliss-reactive ketones (excluding diaryl/α,β-unsaturated/α-hetero) is 2. The Labute approximate surface area is 312 Å². The number of ketones is 2. The van der Waals surface area contributed by atoms with E-state index in [2.05, 4.69) is 120 Å². The molecular formula is C47H35NO4S. The Morgan fingerprint density at radius 3 is 2.15 bits per heavy atom. The second-order valence-electron chi connectivity index (χ2n) is 14.1. The fraction of sp³-hybridized carbons (Fsp3) is 0.128. The zero-order chi connectivity index (χ0) is 36.2. The second kappa shape index (κ2) is 13.1. The van der Waals surface area contributed by atoms with E-state index in [0.29, 0.717) is 12.0 Å². The molecule has 1 N–H and O–H groups in total. The number of nitrogens with zero attached hydrogens (tertiary/aromatic N) is 1. The number of thiophene rings is 1. The normalized spacial score (nSPS) is 17.9. The molecule has 258 valence electrons. The van der Waals surface area contributed by atoms with Gasteiger partial charge in [-0.3, -0.25) is 9.59 Å². The molecule has 53 heavy (non-hydrogen) atoms. The summed E-state index contributed by atoms with van der Waals surface area (Å²) < 4.78 is 0. The average Bonchev–Trinajstić information content (AvgIpc) is 3.94. The van der Waals surface area contributed by atoms with Crippen LogP contribution in [0.4, 0.5) is 11.4 Å². The van der Waals surface area contributed by atoms with Crippen LogP contribution in [0.2, 0.25) is 0 Å². The highest BCUT2D eigenvalue weighted by Gasteiger charge is 2.42. The summed E-state index contributed by atoms with van der Waals surface area (Å²) in [6.45, 7) is 2.00. The maximum Gasteiger partial charge on any atom is 0.335 e. The van der Waals surface area contributed by atoms with E-state index in [1.165, 1.54) is 58.3 Å². The molecule has 2 heterocycles. The summed E-state index contributed by atoms with van der Waals surface area (Å²) >= 11 is 1.57. The number of carboxylic acid groups (broad SMARTS) is 1. The van der Waals surface area contributed by atoms with Gasteiger partial charge < -0.3 is 10.0 Å². The van der Waals surface area contributed by atoms with Crippen molar-refractivity contribution in [3.63, 3.8) is 0 Å². The predicted octanol–water partition coefficient (Wildman–Crippen LogP) is 11.3. The van der Waals surface area contributed by atoms with Gasteiger partial charge in [-0.05, 0) is 119 Å². The molecule has 0 saturated heterocycles. The number of benzene rings is 5. The summed E-state index contributed by atoms with van der Waals surface area (Å²) in [5, 5.41) is 9.39. The van der Waals surface area contributed by atoms with Crippen molar-refractivity contribution in [3.8, 4) is 10.4 Å². The third-order valence-electron chi connectivity index (χ3n) is 10.9. The average molecular weight is 710 g/mol. The molecule has 1 fully saturated rings. The number of rotatable bonds is 7. The van der Waals surface area contributed by atoms with Gasteiger partial charge in [-0.2, -0.15) is 0 Å². The van der Waals surface area contributed by atoms with Gasteiger partial charge in [-0.25, -0.2) is 4.79 Å². The van der Waals surface area contributed by atoms with Crippen LogP contribution in [0, 0.1) is 6.92 Å². The van der Waals surface area contributed by atoms with Crippen molar-refractivity contribution in [2.24, 2.45) is 0 Å². The minimum absolute atomic E-state index is 0.00847. The molecule has 2 atom stereocenters. The van der Waals surface area contributed by atoms with Crippen LogP contribution in [0.3, 0.4) is 0 Å².